The van der Waals surface area contributed by atoms with Gasteiger partial charge in [0.05, 0.1) is 19.8 Å². The Hall–Kier alpha value is -1.31. The summed E-state index contributed by atoms with van der Waals surface area (Å²) >= 11 is 3.50. The normalized spacial score (nSPS) is 15.6. The number of halogens is 1. The minimum absolute atomic E-state index is 0.592. The minimum Gasteiger partial charge on any atom is -0.381 e. The molecule has 3 heterocycles. The predicted molar refractivity (Wildman–Crippen MR) is 74.1 cm³/mol. The molecule has 0 spiro atoms. The summed E-state index contributed by atoms with van der Waals surface area (Å²) in [6.07, 6.45) is 3.05. The standard InChI is InChI=1S/C14H13BrN2O/c1-9-13(16-2)5-12-4-11(15)6-17(12)14(9)3-10-7-18-8-10/h4-6,10H,3,7-8H2,1H3. The van der Waals surface area contributed by atoms with Crippen LogP contribution in [-0.2, 0) is 11.2 Å². The number of nitrogens with zero attached hydrogens (tertiary/aromatic N) is 2. The third-order valence-electron chi connectivity index (χ3n) is 3.52. The fourth-order valence-corrected chi connectivity index (χ4v) is 2.85. The van der Waals surface area contributed by atoms with Gasteiger partial charge in [0.25, 0.3) is 0 Å². The Kier molecular flexibility index (Phi) is 2.89. The minimum atomic E-state index is 0.592. The molecule has 0 amide bonds. The maximum absolute atomic E-state index is 7.28. The van der Waals surface area contributed by atoms with Crippen molar-refractivity contribution in [3.8, 4) is 0 Å². The van der Waals surface area contributed by atoms with E-state index in [2.05, 4.69) is 37.4 Å². The van der Waals surface area contributed by atoms with Crippen molar-refractivity contribution in [2.45, 2.75) is 13.3 Å². The van der Waals surface area contributed by atoms with Crippen LogP contribution in [0.5, 0.6) is 0 Å². The second-order valence-electron chi connectivity index (χ2n) is 4.77. The summed E-state index contributed by atoms with van der Waals surface area (Å²) in [4.78, 5) is 3.63. The van der Waals surface area contributed by atoms with E-state index in [-0.39, 0.29) is 0 Å². The van der Waals surface area contributed by atoms with Crippen molar-refractivity contribution in [1.82, 2.24) is 4.40 Å². The molecule has 1 saturated heterocycles. The smallest absolute Gasteiger partial charge is 0.193 e. The van der Waals surface area contributed by atoms with Gasteiger partial charge >= 0.3 is 0 Å². The van der Waals surface area contributed by atoms with Gasteiger partial charge in [0.15, 0.2) is 5.69 Å². The Morgan fingerprint density at radius 2 is 2.28 bits per heavy atom. The number of pyridine rings is 1. The van der Waals surface area contributed by atoms with Crippen LogP contribution in [0.3, 0.4) is 0 Å². The molecule has 92 valence electrons. The molecule has 4 heteroatoms. The van der Waals surface area contributed by atoms with Crippen LogP contribution in [0.1, 0.15) is 11.3 Å². The molecular weight excluding hydrogens is 292 g/mol. The maximum atomic E-state index is 7.28. The Labute approximate surface area is 114 Å². The Morgan fingerprint density at radius 3 is 2.89 bits per heavy atom. The number of hydrogen-bond acceptors (Lipinski definition) is 1. The number of fused-ring (bicyclic) bond motifs is 1. The third-order valence-corrected chi connectivity index (χ3v) is 3.95. The highest BCUT2D eigenvalue weighted by Gasteiger charge is 2.22. The first-order valence-electron chi connectivity index (χ1n) is 5.94. The van der Waals surface area contributed by atoms with Gasteiger partial charge in [-0.2, -0.15) is 0 Å². The Bertz CT molecular complexity index is 650. The summed E-state index contributed by atoms with van der Waals surface area (Å²) in [5.74, 6) is 0.592. The molecule has 2 aromatic rings. The molecule has 2 aromatic heterocycles. The molecule has 1 aliphatic heterocycles. The van der Waals surface area contributed by atoms with Gasteiger partial charge in [-0.1, -0.05) is 0 Å². The number of hydrogen-bond donors (Lipinski definition) is 0. The summed E-state index contributed by atoms with van der Waals surface area (Å²) in [7, 11) is 0. The molecule has 1 aliphatic rings. The van der Waals surface area contributed by atoms with Crippen LogP contribution in [0, 0.1) is 19.4 Å². The molecule has 0 bridgehead atoms. The summed E-state index contributed by atoms with van der Waals surface area (Å²) in [5, 5.41) is 0. The highest BCUT2D eigenvalue weighted by atomic mass is 79.9. The van der Waals surface area contributed by atoms with E-state index in [4.69, 9.17) is 11.3 Å². The molecule has 0 aromatic carbocycles. The van der Waals surface area contributed by atoms with E-state index in [9.17, 15) is 0 Å². The SMILES string of the molecule is [C-]#[N+]c1cc2cc(Br)cn2c(CC2COC2)c1C. The molecule has 3 nitrogen and oxygen atoms in total. The van der Waals surface area contributed by atoms with Crippen LogP contribution in [0.15, 0.2) is 22.8 Å². The van der Waals surface area contributed by atoms with Crippen LogP contribution in [0.2, 0.25) is 0 Å². The van der Waals surface area contributed by atoms with E-state index in [0.717, 1.165) is 40.9 Å². The van der Waals surface area contributed by atoms with Crippen molar-refractivity contribution in [3.05, 3.63) is 45.5 Å². The van der Waals surface area contributed by atoms with Gasteiger partial charge in [-0.15, -0.1) is 0 Å². The van der Waals surface area contributed by atoms with Gasteiger partial charge in [0, 0.05) is 27.8 Å². The Morgan fingerprint density at radius 1 is 1.50 bits per heavy atom. The number of aromatic nitrogens is 1. The van der Waals surface area contributed by atoms with Crippen LogP contribution < -0.4 is 0 Å². The lowest BCUT2D eigenvalue weighted by Crippen LogP contribution is -2.30. The van der Waals surface area contributed by atoms with E-state index in [1.54, 1.807) is 0 Å². The summed E-state index contributed by atoms with van der Waals surface area (Å²) in [6, 6.07) is 4.00. The van der Waals surface area contributed by atoms with Gasteiger partial charge in [-0.25, -0.2) is 4.85 Å². The zero-order valence-corrected chi connectivity index (χ0v) is 11.7. The molecule has 0 unspecified atom stereocenters. The lowest BCUT2D eigenvalue weighted by atomic mass is 9.98. The predicted octanol–water partition coefficient (Wildman–Crippen LogP) is 3.75. The van der Waals surface area contributed by atoms with Crippen molar-refractivity contribution in [1.29, 1.82) is 0 Å². The number of rotatable bonds is 2. The van der Waals surface area contributed by atoms with Crippen molar-refractivity contribution < 1.29 is 4.74 Å². The Balaban J connectivity index is 2.17. The zero-order chi connectivity index (χ0) is 12.7. The van der Waals surface area contributed by atoms with Gasteiger partial charge in [0.1, 0.15) is 0 Å². The maximum Gasteiger partial charge on any atom is 0.193 e. The zero-order valence-electron chi connectivity index (χ0n) is 10.1. The lowest BCUT2D eigenvalue weighted by Gasteiger charge is -2.27. The average molecular weight is 305 g/mol. The number of ether oxygens (including phenoxy) is 1. The molecule has 0 atom stereocenters. The second-order valence-corrected chi connectivity index (χ2v) is 5.69. The van der Waals surface area contributed by atoms with Crippen LogP contribution in [-0.4, -0.2) is 17.6 Å². The molecule has 1 fully saturated rings. The summed E-state index contributed by atoms with van der Waals surface area (Å²) in [6.45, 7) is 11.0. The van der Waals surface area contributed by atoms with Gasteiger partial charge in [-0.3, -0.25) is 0 Å². The molecule has 0 radical (unpaired) electrons. The van der Waals surface area contributed by atoms with Crippen LogP contribution in [0.25, 0.3) is 10.4 Å². The highest BCUT2D eigenvalue weighted by Crippen LogP contribution is 2.30. The molecule has 0 saturated carbocycles. The summed E-state index contributed by atoms with van der Waals surface area (Å²) in [5.41, 5.74) is 4.15. The summed E-state index contributed by atoms with van der Waals surface area (Å²) < 4.78 is 8.48. The van der Waals surface area contributed by atoms with E-state index in [1.165, 1.54) is 5.69 Å². The van der Waals surface area contributed by atoms with Crippen molar-refractivity contribution >= 4 is 27.1 Å². The largest absolute Gasteiger partial charge is 0.381 e. The van der Waals surface area contributed by atoms with Crippen LogP contribution >= 0.6 is 15.9 Å². The van der Waals surface area contributed by atoms with E-state index in [1.807, 2.05) is 13.0 Å². The van der Waals surface area contributed by atoms with E-state index < -0.39 is 0 Å². The van der Waals surface area contributed by atoms with Gasteiger partial charge in [0.2, 0.25) is 0 Å². The molecule has 0 aliphatic carbocycles. The first-order valence-corrected chi connectivity index (χ1v) is 6.73. The average Bonchev–Trinajstić information content (AvgIpc) is 2.65. The molecule has 3 rings (SSSR count). The van der Waals surface area contributed by atoms with E-state index >= 15 is 0 Å². The highest BCUT2D eigenvalue weighted by molar-refractivity contribution is 9.10. The first kappa shape index (κ1) is 11.8. The molecule has 0 N–H and O–H groups in total. The van der Waals surface area contributed by atoms with Gasteiger partial charge in [-0.05, 0) is 47.0 Å². The molecule has 18 heavy (non-hydrogen) atoms. The fraction of sp³-hybridized carbons (Fsp3) is 0.357. The van der Waals surface area contributed by atoms with Crippen LogP contribution in [0.4, 0.5) is 5.69 Å². The van der Waals surface area contributed by atoms with Gasteiger partial charge < -0.3 is 9.14 Å². The fourth-order valence-electron chi connectivity index (χ4n) is 2.41. The second kappa shape index (κ2) is 4.42. The lowest BCUT2D eigenvalue weighted by molar-refractivity contribution is -0.0318. The molecular formula is C14H13BrN2O. The van der Waals surface area contributed by atoms with Crippen molar-refractivity contribution in [2.24, 2.45) is 5.92 Å². The quantitative estimate of drug-likeness (QED) is 0.773. The topological polar surface area (TPSA) is 18.0 Å². The monoisotopic (exact) mass is 304 g/mol. The van der Waals surface area contributed by atoms with E-state index in [0.29, 0.717) is 5.92 Å². The first-order chi connectivity index (χ1) is 8.69. The third kappa shape index (κ3) is 1.84. The van der Waals surface area contributed by atoms with Crippen molar-refractivity contribution in [2.75, 3.05) is 13.2 Å². The van der Waals surface area contributed by atoms with Crippen molar-refractivity contribution in [3.63, 3.8) is 0 Å².